The number of hydrogen-bond acceptors (Lipinski definition) is 3. The number of amides is 1. The minimum absolute atomic E-state index is 0.0738. The van der Waals surface area contributed by atoms with Gasteiger partial charge in [-0.1, -0.05) is 0 Å². The van der Waals surface area contributed by atoms with Gasteiger partial charge < -0.3 is 5.32 Å². The Kier molecular flexibility index (Phi) is 3.61. The van der Waals surface area contributed by atoms with E-state index in [1.54, 1.807) is 11.8 Å². The van der Waals surface area contributed by atoms with Crippen LogP contribution in [0.3, 0.4) is 0 Å². The second-order valence-corrected chi connectivity index (χ2v) is 4.28. The average molecular weight is 198 g/mol. The first-order valence-corrected chi connectivity index (χ1v) is 5.83. The number of carbonyl (C=O) groups is 1. The summed E-state index contributed by atoms with van der Waals surface area (Å²) in [6.07, 6.45) is 4.46. The lowest BCUT2D eigenvalue weighted by molar-refractivity contribution is -0.131. The lowest BCUT2D eigenvalue weighted by atomic mass is 9.69. The third-order valence-corrected chi connectivity index (χ3v) is 3.06. The van der Waals surface area contributed by atoms with Crippen molar-refractivity contribution in [2.75, 3.05) is 18.6 Å². The molecule has 0 aromatic carbocycles. The van der Waals surface area contributed by atoms with Gasteiger partial charge >= 0.3 is 0 Å². The largest absolute Gasteiger partial charge is 0.354 e. The van der Waals surface area contributed by atoms with E-state index in [9.17, 15) is 4.79 Å². The average Bonchev–Trinajstić information content (AvgIpc) is 2.04. The fraction of sp³-hybridized carbons (Fsp3) is 0.778. The van der Waals surface area contributed by atoms with Crippen molar-refractivity contribution in [3.63, 3.8) is 0 Å². The second-order valence-electron chi connectivity index (χ2n) is 3.30. The molecule has 0 aromatic rings. The van der Waals surface area contributed by atoms with Gasteiger partial charge in [0.1, 0.15) is 5.41 Å². The van der Waals surface area contributed by atoms with Crippen molar-refractivity contribution in [2.24, 2.45) is 5.41 Å². The molecular formula is C9H14N2OS. The van der Waals surface area contributed by atoms with Crippen molar-refractivity contribution in [2.45, 2.75) is 19.3 Å². The van der Waals surface area contributed by atoms with Crippen molar-refractivity contribution in [1.82, 2.24) is 5.32 Å². The molecule has 1 amide bonds. The van der Waals surface area contributed by atoms with E-state index in [4.69, 9.17) is 5.26 Å². The van der Waals surface area contributed by atoms with E-state index in [-0.39, 0.29) is 5.91 Å². The molecule has 4 heteroatoms. The van der Waals surface area contributed by atoms with Crippen LogP contribution in [0.15, 0.2) is 0 Å². The second kappa shape index (κ2) is 4.52. The molecule has 1 aliphatic rings. The van der Waals surface area contributed by atoms with Crippen molar-refractivity contribution < 1.29 is 4.79 Å². The molecule has 0 bridgehead atoms. The molecule has 13 heavy (non-hydrogen) atoms. The van der Waals surface area contributed by atoms with Gasteiger partial charge in [0.2, 0.25) is 5.91 Å². The number of carbonyl (C=O) groups excluding carboxylic acids is 1. The zero-order chi connectivity index (χ0) is 9.73. The third-order valence-electron chi connectivity index (χ3n) is 2.45. The van der Waals surface area contributed by atoms with E-state index < -0.39 is 5.41 Å². The van der Waals surface area contributed by atoms with Gasteiger partial charge in [-0.2, -0.15) is 17.0 Å². The summed E-state index contributed by atoms with van der Waals surface area (Å²) in [6.45, 7) is 0.670. The molecule has 0 spiro atoms. The molecule has 72 valence electrons. The zero-order valence-electron chi connectivity index (χ0n) is 7.80. The molecule has 0 saturated heterocycles. The molecule has 1 N–H and O–H groups in total. The van der Waals surface area contributed by atoms with E-state index in [0.717, 1.165) is 25.0 Å². The van der Waals surface area contributed by atoms with E-state index in [2.05, 4.69) is 11.4 Å². The van der Waals surface area contributed by atoms with Gasteiger partial charge in [0.05, 0.1) is 6.07 Å². The number of nitrogens with one attached hydrogen (secondary N) is 1. The molecule has 0 radical (unpaired) electrons. The molecular weight excluding hydrogens is 184 g/mol. The standard InChI is InChI=1S/C9H14N2OS/c1-13-6-5-11-8(12)9(7-10)3-2-4-9/h2-6H2,1H3,(H,11,12). The normalized spacial score (nSPS) is 18.5. The smallest absolute Gasteiger partial charge is 0.240 e. The predicted molar refractivity (Wildman–Crippen MR) is 53.3 cm³/mol. The summed E-state index contributed by atoms with van der Waals surface area (Å²) >= 11 is 1.69. The van der Waals surface area contributed by atoms with Crippen LogP contribution in [-0.4, -0.2) is 24.5 Å². The zero-order valence-corrected chi connectivity index (χ0v) is 8.62. The Bertz CT molecular complexity index is 230. The maximum atomic E-state index is 11.5. The molecule has 0 heterocycles. The molecule has 0 atom stereocenters. The maximum absolute atomic E-state index is 11.5. The summed E-state index contributed by atoms with van der Waals surface area (Å²) in [5, 5.41) is 11.6. The minimum Gasteiger partial charge on any atom is -0.354 e. The Morgan fingerprint density at radius 3 is 2.77 bits per heavy atom. The molecule has 0 aromatic heterocycles. The van der Waals surface area contributed by atoms with E-state index >= 15 is 0 Å². The van der Waals surface area contributed by atoms with Crippen LogP contribution in [-0.2, 0) is 4.79 Å². The van der Waals surface area contributed by atoms with Crippen molar-refractivity contribution in [1.29, 1.82) is 5.26 Å². The molecule has 3 nitrogen and oxygen atoms in total. The lowest BCUT2D eigenvalue weighted by Crippen LogP contribution is -2.45. The highest BCUT2D eigenvalue weighted by molar-refractivity contribution is 7.98. The maximum Gasteiger partial charge on any atom is 0.240 e. The van der Waals surface area contributed by atoms with Gasteiger partial charge in [-0.15, -0.1) is 0 Å². The van der Waals surface area contributed by atoms with Crippen LogP contribution >= 0.6 is 11.8 Å². The number of thioether (sulfide) groups is 1. The van der Waals surface area contributed by atoms with Crippen LogP contribution in [0.25, 0.3) is 0 Å². The first kappa shape index (κ1) is 10.4. The first-order valence-electron chi connectivity index (χ1n) is 4.44. The number of hydrogen-bond donors (Lipinski definition) is 1. The molecule has 1 fully saturated rings. The highest BCUT2D eigenvalue weighted by atomic mass is 32.2. The van der Waals surface area contributed by atoms with Gasteiger partial charge in [0.25, 0.3) is 0 Å². The number of nitrogens with zero attached hydrogens (tertiary/aromatic N) is 1. The van der Waals surface area contributed by atoms with E-state index in [0.29, 0.717) is 6.54 Å². The Labute approximate surface area is 82.9 Å². The third kappa shape index (κ3) is 2.16. The van der Waals surface area contributed by atoms with Gasteiger partial charge in [-0.3, -0.25) is 4.79 Å². The van der Waals surface area contributed by atoms with Crippen molar-refractivity contribution in [3.8, 4) is 6.07 Å². The topological polar surface area (TPSA) is 52.9 Å². The van der Waals surface area contributed by atoms with Crippen LogP contribution in [0.2, 0.25) is 0 Å². The first-order chi connectivity index (χ1) is 6.25. The van der Waals surface area contributed by atoms with Crippen LogP contribution in [0.4, 0.5) is 0 Å². The minimum atomic E-state index is -0.682. The van der Waals surface area contributed by atoms with Gasteiger partial charge in [0, 0.05) is 12.3 Å². The molecule has 1 saturated carbocycles. The van der Waals surface area contributed by atoms with E-state index in [1.165, 1.54) is 0 Å². The quantitative estimate of drug-likeness (QED) is 0.690. The summed E-state index contributed by atoms with van der Waals surface area (Å²) < 4.78 is 0. The fourth-order valence-electron chi connectivity index (χ4n) is 1.36. The Hall–Kier alpha value is -0.690. The summed E-state index contributed by atoms with van der Waals surface area (Å²) in [5.41, 5.74) is -0.682. The Morgan fingerprint density at radius 2 is 2.38 bits per heavy atom. The SMILES string of the molecule is CSCCNC(=O)C1(C#N)CCC1. The molecule has 1 rings (SSSR count). The van der Waals surface area contributed by atoms with Crippen molar-refractivity contribution >= 4 is 17.7 Å². The Morgan fingerprint density at radius 1 is 1.69 bits per heavy atom. The van der Waals surface area contributed by atoms with Gasteiger partial charge in [-0.25, -0.2) is 0 Å². The molecule has 0 unspecified atom stereocenters. The van der Waals surface area contributed by atoms with Crippen LogP contribution in [0.1, 0.15) is 19.3 Å². The highest BCUT2D eigenvalue weighted by Gasteiger charge is 2.44. The van der Waals surface area contributed by atoms with Crippen LogP contribution in [0, 0.1) is 16.7 Å². The van der Waals surface area contributed by atoms with Crippen molar-refractivity contribution in [3.05, 3.63) is 0 Å². The highest BCUT2D eigenvalue weighted by Crippen LogP contribution is 2.40. The lowest BCUT2D eigenvalue weighted by Gasteiger charge is -2.33. The molecule has 0 aliphatic heterocycles. The predicted octanol–water partition coefficient (Wildman–Crippen LogP) is 1.16. The fourth-order valence-corrected chi connectivity index (χ4v) is 1.66. The monoisotopic (exact) mass is 198 g/mol. The summed E-state index contributed by atoms with van der Waals surface area (Å²) in [6, 6.07) is 2.12. The number of rotatable bonds is 4. The summed E-state index contributed by atoms with van der Waals surface area (Å²) in [7, 11) is 0. The number of nitriles is 1. The van der Waals surface area contributed by atoms with Crippen LogP contribution in [0.5, 0.6) is 0 Å². The van der Waals surface area contributed by atoms with Gasteiger partial charge in [0.15, 0.2) is 0 Å². The van der Waals surface area contributed by atoms with Gasteiger partial charge in [-0.05, 0) is 25.5 Å². The molecule has 1 aliphatic carbocycles. The van der Waals surface area contributed by atoms with E-state index in [1.807, 2.05) is 6.26 Å². The summed E-state index contributed by atoms with van der Waals surface area (Å²) in [4.78, 5) is 11.5. The van der Waals surface area contributed by atoms with Crippen LogP contribution < -0.4 is 5.32 Å². The Balaban J connectivity index is 2.34. The summed E-state index contributed by atoms with van der Waals surface area (Å²) in [5.74, 6) is 0.836.